The van der Waals surface area contributed by atoms with E-state index in [0.717, 1.165) is 9.87 Å². The molecular weight excluding hydrogens is 368 g/mol. The second kappa shape index (κ2) is 7.13. The van der Waals surface area contributed by atoms with Crippen molar-refractivity contribution in [3.63, 3.8) is 0 Å². The lowest BCUT2D eigenvalue weighted by atomic mass is 9.92. The van der Waals surface area contributed by atoms with Crippen LogP contribution >= 0.6 is 0 Å². The summed E-state index contributed by atoms with van der Waals surface area (Å²) in [6.07, 6.45) is 0.568. The van der Waals surface area contributed by atoms with Crippen LogP contribution in [0.2, 0.25) is 0 Å². The molecule has 1 N–H and O–H groups in total. The molecule has 1 heterocycles. The van der Waals surface area contributed by atoms with Crippen LogP contribution in [0.1, 0.15) is 27.5 Å². The number of rotatable bonds is 4. The first-order valence-corrected chi connectivity index (χ1v) is 9.81. The summed E-state index contributed by atoms with van der Waals surface area (Å²) in [5, 5.41) is 9.68. The lowest BCUT2D eigenvalue weighted by Gasteiger charge is -2.34. The molecule has 0 saturated carbocycles. The SMILES string of the molecule is CN(C)S(=O)(=O)c1ccc(C(=O)N2CCc3ccccc3C2C(=O)O)cc1. The molecule has 1 aliphatic rings. The van der Waals surface area contributed by atoms with Crippen molar-refractivity contribution in [1.82, 2.24) is 9.21 Å². The van der Waals surface area contributed by atoms with Crippen molar-refractivity contribution < 1.29 is 23.1 Å². The summed E-state index contributed by atoms with van der Waals surface area (Å²) in [4.78, 5) is 26.2. The molecule has 7 nitrogen and oxygen atoms in total. The molecule has 0 aromatic heterocycles. The third kappa shape index (κ3) is 3.45. The van der Waals surface area contributed by atoms with Crippen LogP contribution in [0.25, 0.3) is 0 Å². The highest BCUT2D eigenvalue weighted by atomic mass is 32.2. The molecule has 142 valence electrons. The van der Waals surface area contributed by atoms with Gasteiger partial charge in [0, 0.05) is 26.2 Å². The number of amides is 1. The predicted octanol–water partition coefficient (Wildman–Crippen LogP) is 1.76. The molecule has 3 rings (SSSR count). The third-order valence-corrected chi connectivity index (χ3v) is 6.49. The van der Waals surface area contributed by atoms with E-state index in [0.29, 0.717) is 12.0 Å². The second-order valence-electron chi connectivity index (χ2n) is 6.50. The van der Waals surface area contributed by atoms with Crippen molar-refractivity contribution in [3.05, 3.63) is 65.2 Å². The fraction of sp³-hybridized carbons (Fsp3) is 0.263. The Hall–Kier alpha value is -2.71. The zero-order valence-electron chi connectivity index (χ0n) is 15.0. The van der Waals surface area contributed by atoms with Crippen LogP contribution in [0.15, 0.2) is 53.4 Å². The van der Waals surface area contributed by atoms with Crippen LogP contribution in [0.4, 0.5) is 0 Å². The molecule has 0 bridgehead atoms. The first-order valence-electron chi connectivity index (χ1n) is 8.37. The molecule has 0 aliphatic carbocycles. The Morgan fingerprint density at radius 3 is 2.30 bits per heavy atom. The number of benzene rings is 2. The maximum atomic E-state index is 12.9. The van der Waals surface area contributed by atoms with E-state index in [1.807, 2.05) is 12.1 Å². The highest BCUT2D eigenvalue weighted by molar-refractivity contribution is 7.89. The van der Waals surface area contributed by atoms with Gasteiger partial charge in [-0.05, 0) is 41.8 Å². The number of fused-ring (bicyclic) bond motifs is 1. The lowest BCUT2D eigenvalue weighted by molar-refractivity contribution is -0.143. The van der Waals surface area contributed by atoms with Crippen LogP contribution in [-0.4, -0.2) is 55.2 Å². The van der Waals surface area contributed by atoms with Crippen LogP contribution in [0.3, 0.4) is 0 Å². The standard InChI is InChI=1S/C19H20N2O5S/c1-20(2)27(25,26)15-9-7-14(8-10-15)18(22)21-12-11-13-5-3-4-6-16(13)17(21)19(23)24/h3-10,17H,11-12H2,1-2H3,(H,23,24). The van der Waals surface area contributed by atoms with E-state index in [9.17, 15) is 23.1 Å². The van der Waals surface area contributed by atoms with Gasteiger partial charge in [0.25, 0.3) is 5.91 Å². The number of hydrogen-bond donors (Lipinski definition) is 1. The van der Waals surface area contributed by atoms with Gasteiger partial charge in [-0.3, -0.25) is 4.79 Å². The summed E-state index contributed by atoms with van der Waals surface area (Å²) >= 11 is 0. The summed E-state index contributed by atoms with van der Waals surface area (Å²) in [6, 6.07) is 11.7. The molecule has 1 atom stereocenters. The molecule has 1 unspecified atom stereocenters. The third-order valence-electron chi connectivity index (χ3n) is 4.66. The number of hydrogen-bond acceptors (Lipinski definition) is 4. The fourth-order valence-electron chi connectivity index (χ4n) is 3.20. The van der Waals surface area contributed by atoms with Crippen molar-refractivity contribution in [3.8, 4) is 0 Å². The average molecular weight is 388 g/mol. The Balaban J connectivity index is 1.93. The van der Waals surface area contributed by atoms with Crippen molar-refractivity contribution in [1.29, 1.82) is 0 Å². The van der Waals surface area contributed by atoms with Gasteiger partial charge < -0.3 is 10.0 Å². The Labute approximate surface area is 157 Å². The van der Waals surface area contributed by atoms with Gasteiger partial charge in [-0.2, -0.15) is 0 Å². The molecule has 0 saturated heterocycles. The van der Waals surface area contributed by atoms with E-state index in [1.165, 1.54) is 43.3 Å². The summed E-state index contributed by atoms with van der Waals surface area (Å²) in [6.45, 7) is 0.282. The quantitative estimate of drug-likeness (QED) is 0.861. The van der Waals surface area contributed by atoms with Crippen LogP contribution in [0.5, 0.6) is 0 Å². The number of sulfonamides is 1. The summed E-state index contributed by atoms with van der Waals surface area (Å²) < 4.78 is 25.4. The molecule has 2 aromatic carbocycles. The van der Waals surface area contributed by atoms with Crippen molar-refractivity contribution in [2.24, 2.45) is 0 Å². The van der Waals surface area contributed by atoms with Gasteiger partial charge in [0.2, 0.25) is 10.0 Å². The highest BCUT2D eigenvalue weighted by Crippen LogP contribution is 2.31. The molecule has 0 radical (unpaired) electrons. The van der Waals surface area contributed by atoms with Gasteiger partial charge in [-0.25, -0.2) is 17.5 Å². The second-order valence-corrected chi connectivity index (χ2v) is 8.65. The molecular formula is C19H20N2O5S. The number of aliphatic carboxylic acids is 1. The molecule has 2 aromatic rings. The van der Waals surface area contributed by atoms with E-state index in [2.05, 4.69) is 0 Å². The minimum atomic E-state index is -3.59. The first kappa shape index (κ1) is 19.1. The normalized spacial score (nSPS) is 16.9. The molecule has 27 heavy (non-hydrogen) atoms. The number of nitrogens with zero attached hydrogens (tertiary/aromatic N) is 2. The van der Waals surface area contributed by atoms with E-state index in [-0.39, 0.29) is 17.0 Å². The molecule has 0 spiro atoms. The van der Waals surface area contributed by atoms with Crippen LogP contribution < -0.4 is 0 Å². The first-order chi connectivity index (χ1) is 12.7. The topological polar surface area (TPSA) is 95.0 Å². The fourth-order valence-corrected chi connectivity index (χ4v) is 4.10. The number of carbonyl (C=O) groups excluding carboxylic acids is 1. The molecule has 0 fully saturated rings. The summed E-state index contributed by atoms with van der Waals surface area (Å²) in [5.41, 5.74) is 1.77. The van der Waals surface area contributed by atoms with E-state index in [1.54, 1.807) is 12.1 Å². The van der Waals surface area contributed by atoms with Gasteiger partial charge in [-0.1, -0.05) is 24.3 Å². The molecule has 8 heteroatoms. The van der Waals surface area contributed by atoms with Gasteiger partial charge in [0.05, 0.1) is 4.90 Å². The maximum Gasteiger partial charge on any atom is 0.331 e. The number of carboxylic acids is 1. The Kier molecular flexibility index (Phi) is 5.03. The molecule has 1 aliphatic heterocycles. The summed E-state index contributed by atoms with van der Waals surface area (Å²) in [5.74, 6) is -1.53. The van der Waals surface area contributed by atoms with Crippen molar-refractivity contribution in [2.75, 3.05) is 20.6 Å². The van der Waals surface area contributed by atoms with Crippen LogP contribution in [0, 0.1) is 0 Å². The lowest BCUT2D eigenvalue weighted by Crippen LogP contribution is -2.43. The smallest absolute Gasteiger partial charge is 0.331 e. The predicted molar refractivity (Wildman–Crippen MR) is 98.9 cm³/mol. The van der Waals surface area contributed by atoms with Gasteiger partial charge in [-0.15, -0.1) is 0 Å². The Morgan fingerprint density at radius 2 is 1.70 bits per heavy atom. The van der Waals surface area contributed by atoms with Gasteiger partial charge in [0.15, 0.2) is 6.04 Å². The van der Waals surface area contributed by atoms with Crippen LogP contribution in [-0.2, 0) is 21.2 Å². The minimum absolute atomic E-state index is 0.0721. The van der Waals surface area contributed by atoms with Crippen molar-refractivity contribution >= 4 is 21.9 Å². The van der Waals surface area contributed by atoms with Gasteiger partial charge in [0.1, 0.15) is 0 Å². The zero-order chi connectivity index (χ0) is 19.8. The van der Waals surface area contributed by atoms with E-state index >= 15 is 0 Å². The van der Waals surface area contributed by atoms with Crippen molar-refractivity contribution in [2.45, 2.75) is 17.4 Å². The largest absolute Gasteiger partial charge is 0.479 e. The number of carboxylic acid groups (broad SMARTS) is 1. The Morgan fingerprint density at radius 1 is 1.07 bits per heavy atom. The summed E-state index contributed by atoms with van der Waals surface area (Å²) in [7, 11) is -0.739. The monoisotopic (exact) mass is 388 g/mol. The maximum absolute atomic E-state index is 12.9. The highest BCUT2D eigenvalue weighted by Gasteiger charge is 2.36. The Bertz CT molecular complexity index is 983. The van der Waals surface area contributed by atoms with E-state index in [4.69, 9.17) is 0 Å². The minimum Gasteiger partial charge on any atom is -0.479 e. The average Bonchev–Trinajstić information content (AvgIpc) is 2.66. The van der Waals surface area contributed by atoms with E-state index < -0.39 is 27.9 Å². The number of carbonyl (C=O) groups is 2. The zero-order valence-corrected chi connectivity index (χ0v) is 15.8. The van der Waals surface area contributed by atoms with Gasteiger partial charge >= 0.3 is 5.97 Å². The molecule has 1 amide bonds.